The van der Waals surface area contributed by atoms with Crippen LogP contribution in [0.25, 0.3) is 0 Å². The molecule has 3 heterocycles. The highest BCUT2D eigenvalue weighted by molar-refractivity contribution is 5.05. The van der Waals surface area contributed by atoms with Crippen molar-refractivity contribution in [3.63, 3.8) is 0 Å². The third-order valence-electron chi connectivity index (χ3n) is 4.45. The molecule has 22 heavy (non-hydrogen) atoms. The van der Waals surface area contributed by atoms with Crippen LogP contribution in [0.4, 0.5) is 0 Å². The summed E-state index contributed by atoms with van der Waals surface area (Å²) in [6.45, 7) is 2.09. The molecule has 1 N–H and O–H groups in total. The molecule has 118 valence electrons. The van der Waals surface area contributed by atoms with Gasteiger partial charge in [0, 0.05) is 24.9 Å². The third-order valence-corrected chi connectivity index (χ3v) is 4.45. The van der Waals surface area contributed by atoms with Crippen LogP contribution < -0.4 is 0 Å². The Morgan fingerprint density at radius 1 is 1.32 bits per heavy atom. The minimum atomic E-state index is -0.449. The molecule has 1 aliphatic heterocycles. The van der Waals surface area contributed by atoms with Gasteiger partial charge in [-0.2, -0.15) is 10.1 Å². The molecule has 4 rings (SSSR count). The second-order valence-electron chi connectivity index (χ2n) is 6.30. The molecule has 0 aromatic carbocycles. The molecular weight excluding hydrogens is 282 g/mol. The molecule has 1 saturated heterocycles. The summed E-state index contributed by atoms with van der Waals surface area (Å²) in [5.41, 5.74) is 0. The Morgan fingerprint density at radius 2 is 2.23 bits per heavy atom. The summed E-state index contributed by atoms with van der Waals surface area (Å²) in [6, 6.07) is 2.04. The normalized spacial score (nSPS) is 24.0. The lowest BCUT2D eigenvalue weighted by atomic mass is 10.2. The van der Waals surface area contributed by atoms with Crippen LogP contribution >= 0.6 is 0 Å². The maximum atomic E-state index is 10.3. The van der Waals surface area contributed by atoms with Crippen LogP contribution in [0.2, 0.25) is 0 Å². The van der Waals surface area contributed by atoms with Gasteiger partial charge < -0.3 is 9.63 Å². The van der Waals surface area contributed by atoms with Gasteiger partial charge in [-0.25, -0.2) is 0 Å². The molecular formula is C15H21N5O2. The molecule has 1 saturated carbocycles. The molecule has 7 nitrogen and oxygen atoms in total. The summed E-state index contributed by atoms with van der Waals surface area (Å²) in [6.07, 6.45) is 7.60. The zero-order valence-corrected chi connectivity index (χ0v) is 12.5. The van der Waals surface area contributed by atoms with E-state index in [4.69, 9.17) is 4.52 Å². The fourth-order valence-electron chi connectivity index (χ4n) is 3.17. The van der Waals surface area contributed by atoms with Gasteiger partial charge in [-0.1, -0.05) is 5.16 Å². The second kappa shape index (κ2) is 5.81. The van der Waals surface area contributed by atoms with E-state index in [0.29, 0.717) is 19.0 Å². The largest absolute Gasteiger partial charge is 0.390 e. The monoisotopic (exact) mass is 303 g/mol. The third kappa shape index (κ3) is 2.91. The van der Waals surface area contributed by atoms with Crippen molar-refractivity contribution in [1.82, 2.24) is 24.8 Å². The molecule has 1 aliphatic carbocycles. The van der Waals surface area contributed by atoms with E-state index in [2.05, 4.69) is 20.1 Å². The Kier molecular flexibility index (Phi) is 3.67. The first kappa shape index (κ1) is 13.9. The van der Waals surface area contributed by atoms with Crippen LogP contribution in [0, 0.1) is 0 Å². The highest BCUT2D eigenvalue weighted by Gasteiger charge is 2.34. The fourth-order valence-corrected chi connectivity index (χ4v) is 3.17. The summed E-state index contributed by atoms with van der Waals surface area (Å²) in [5.74, 6) is 2.06. The first-order valence-corrected chi connectivity index (χ1v) is 8.02. The van der Waals surface area contributed by atoms with Gasteiger partial charge >= 0.3 is 0 Å². The van der Waals surface area contributed by atoms with E-state index in [1.165, 1.54) is 12.8 Å². The van der Waals surface area contributed by atoms with Crippen LogP contribution in [0.1, 0.15) is 49.4 Å². The molecule has 0 unspecified atom stereocenters. The van der Waals surface area contributed by atoms with Gasteiger partial charge in [0.2, 0.25) is 5.89 Å². The molecule has 0 radical (unpaired) electrons. The fraction of sp³-hybridized carbons (Fsp3) is 0.667. The summed E-state index contributed by atoms with van der Waals surface area (Å²) < 4.78 is 7.13. The van der Waals surface area contributed by atoms with Crippen LogP contribution in [0.3, 0.4) is 0 Å². The number of aliphatic hydroxyl groups is 1. The van der Waals surface area contributed by atoms with E-state index in [1.807, 2.05) is 12.3 Å². The molecule has 0 bridgehead atoms. The molecule has 0 amide bonds. The maximum Gasteiger partial charge on any atom is 0.229 e. The molecule has 2 aliphatic rings. The van der Waals surface area contributed by atoms with Crippen molar-refractivity contribution in [3.05, 3.63) is 30.2 Å². The molecule has 2 atom stereocenters. The van der Waals surface area contributed by atoms with E-state index < -0.39 is 6.10 Å². The van der Waals surface area contributed by atoms with Gasteiger partial charge in [0.25, 0.3) is 0 Å². The smallest absolute Gasteiger partial charge is 0.229 e. The number of aromatic nitrogens is 4. The Bertz CT molecular complexity index is 607. The first-order chi connectivity index (χ1) is 10.8. The number of likely N-dealkylation sites (tertiary alicyclic amines) is 1. The lowest BCUT2D eigenvalue weighted by Gasteiger charge is -2.24. The van der Waals surface area contributed by atoms with Gasteiger partial charge in [0.15, 0.2) is 5.82 Å². The molecule has 2 aromatic heterocycles. The van der Waals surface area contributed by atoms with Crippen molar-refractivity contribution in [2.24, 2.45) is 0 Å². The lowest BCUT2D eigenvalue weighted by molar-refractivity contribution is 0.0869. The molecule has 7 heteroatoms. The predicted molar refractivity (Wildman–Crippen MR) is 78.1 cm³/mol. The van der Waals surface area contributed by atoms with Crippen LogP contribution in [-0.2, 0) is 6.54 Å². The summed E-state index contributed by atoms with van der Waals surface area (Å²) in [4.78, 5) is 6.83. The first-order valence-electron chi connectivity index (χ1n) is 8.02. The summed E-state index contributed by atoms with van der Waals surface area (Å²) in [5, 5.41) is 18.6. The Balaban J connectivity index is 1.39. The predicted octanol–water partition coefficient (Wildman–Crippen LogP) is 1.34. The second-order valence-corrected chi connectivity index (χ2v) is 6.30. The van der Waals surface area contributed by atoms with Crippen molar-refractivity contribution >= 4 is 0 Å². The SMILES string of the molecule is O[C@H](CN1CCC[C@H]1c1noc(C2CC2)n1)Cn1cccn1. The molecule has 2 fully saturated rings. The van der Waals surface area contributed by atoms with E-state index in [-0.39, 0.29) is 6.04 Å². The number of β-amino-alcohol motifs (C(OH)–C–C–N with tert-alkyl or cyclic N) is 1. The zero-order chi connectivity index (χ0) is 14.9. The average Bonchev–Trinajstić information content (AvgIpc) is 2.95. The number of hydrogen-bond acceptors (Lipinski definition) is 6. The van der Waals surface area contributed by atoms with Crippen LogP contribution in [0.5, 0.6) is 0 Å². The van der Waals surface area contributed by atoms with Gasteiger partial charge in [-0.05, 0) is 38.3 Å². The number of nitrogens with zero attached hydrogens (tertiary/aromatic N) is 5. The quantitative estimate of drug-likeness (QED) is 0.867. The van der Waals surface area contributed by atoms with Gasteiger partial charge in [0.05, 0.1) is 18.7 Å². The standard InChI is InChI=1S/C15H21N5O2/c21-12(10-20-8-2-6-16-20)9-19-7-1-3-13(19)14-17-15(22-18-14)11-4-5-11/h2,6,8,11-13,21H,1,3-5,7,9-10H2/t12-,13+/m1/s1. The summed E-state index contributed by atoms with van der Waals surface area (Å²) >= 11 is 0. The van der Waals surface area contributed by atoms with Crippen LogP contribution in [0.15, 0.2) is 23.0 Å². The van der Waals surface area contributed by atoms with Gasteiger partial charge in [-0.15, -0.1) is 0 Å². The molecule has 0 spiro atoms. The Labute approximate surface area is 128 Å². The van der Waals surface area contributed by atoms with Crippen molar-refractivity contribution < 1.29 is 9.63 Å². The Morgan fingerprint density at radius 3 is 3.00 bits per heavy atom. The highest BCUT2D eigenvalue weighted by Crippen LogP contribution is 2.40. The van der Waals surface area contributed by atoms with Crippen molar-refractivity contribution in [2.45, 2.75) is 50.3 Å². The lowest BCUT2D eigenvalue weighted by Crippen LogP contribution is -2.35. The zero-order valence-electron chi connectivity index (χ0n) is 12.5. The van der Waals surface area contributed by atoms with E-state index in [0.717, 1.165) is 31.1 Å². The number of aliphatic hydroxyl groups excluding tert-OH is 1. The Hall–Kier alpha value is -1.73. The molecule has 2 aromatic rings. The average molecular weight is 303 g/mol. The van der Waals surface area contributed by atoms with E-state index in [1.54, 1.807) is 10.9 Å². The number of rotatable bonds is 6. The maximum absolute atomic E-state index is 10.3. The van der Waals surface area contributed by atoms with Crippen molar-refractivity contribution in [3.8, 4) is 0 Å². The van der Waals surface area contributed by atoms with E-state index >= 15 is 0 Å². The minimum Gasteiger partial charge on any atom is -0.390 e. The van der Waals surface area contributed by atoms with Crippen LogP contribution in [-0.4, -0.2) is 49.1 Å². The van der Waals surface area contributed by atoms with Crippen molar-refractivity contribution in [1.29, 1.82) is 0 Å². The van der Waals surface area contributed by atoms with E-state index in [9.17, 15) is 5.11 Å². The number of hydrogen-bond donors (Lipinski definition) is 1. The van der Waals surface area contributed by atoms with Crippen molar-refractivity contribution in [2.75, 3.05) is 13.1 Å². The minimum absolute atomic E-state index is 0.170. The van der Waals surface area contributed by atoms with Gasteiger partial charge in [-0.3, -0.25) is 9.58 Å². The van der Waals surface area contributed by atoms with Gasteiger partial charge in [0.1, 0.15) is 0 Å². The highest BCUT2D eigenvalue weighted by atomic mass is 16.5. The summed E-state index contributed by atoms with van der Waals surface area (Å²) in [7, 11) is 0. The topological polar surface area (TPSA) is 80.2 Å².